The first-order valence-corrected chi connectivity index (χ1v) is 8.81. The molecule has 0 aliphatic heterocycles. The monoisotopic (exact) mass is 405 g/mol. The molecule has 3 rings (SSSR count). The van der Waals surface area contributed by atoms with Gasteiger partial charge in [0.15, 0.2) is 0 Å². The number of aryl methyl sites for hydroxylation is 1. The summed E-state index contributed by atoms with van der Waals surface area (Å²) >= 11 is 0. The molecule has 0 unspecified atom stereocenters. The molecule has 0 saturated carbocycles. The van der Waals surface area contributed by atoms with E-state index in [1.807, 2.05) is 6.07 Å². The second kappa shape index (κ2) is 8.72. The van der Waals surface area contributed by atoms with Crippen LogP contribution in [0.1, 0.15) is 19.0 Å². The highest BCUT2D eigenvalue weighted by atomic mass is 19.4. The highest BCUT2D eigenvalue weighted by molar-refractivity contribution is 5.70. The van der Waals surface area contributed by atoms with Crippen LogP contribution in [0, 0.1) is 0 Å². The van der Waals surface area contributed by atoms with E-state index in [9.17, 15) is 18.0 Å². The van der Waals surface area contributed by atoms with Crippen LogP contribution < -0.4 is 5.32 Å². The average Bonchev–Trinajstić information content (AvgIpc) is 3.16. The van der Waals surface area contributed by atoms with Crippen molar-refractivity contribution in [2.75, 3.05) is 11.9 Å². The third-order valence-electron chi connectivity index (χ3n) is 3.88. The van der Waals surface area contributed by atoms with Gasteiger partial charge in [0.2, 0.25) is 5.95 Å². The number of anilines is 2. The first kappa shape index (κ1) is 20.3. The van der Waals surface area contributed by atoms with Crippen LogP contribution in [0.2, 0.25) is 0 Å². The number of aromatic nitrogens is 4. The number of hydrogen-bond acceptors (Lipinski definition) is 6. The van der Waals surface area contributed by atoms with Crippen LogP contribution in [0.25, 0.3) is 11.1 Å². The molecule has 2 aromatic heterocycles. The molecule has 1 N–H and O–H groups in total. The molecule has 0 spiro atoms. The van der Waals surface area contributed by atoms with Crippen molar-refractivity contribution in [3.05, 3.63) is 54.6 Å². The van der Waals surface area contributed by atoms with Crippen molar-refractivity contribution in [1.29, 1.82) is 0 Å². The highest BCUT2D eigenvalue weighted by Gasteiger charge is 2.32. The Hall–Kier alpha value is -3.43. The lowest BCUT2D eigenvalue weighted by Gasteiger charge is -2.09. The second-order valence-electron chi connectivity index (χ2n) is 6.02. The van der Waals surface area contributed by atoms with Gasteiger partial charge in [-0.2, -0.15) is 18.3 Å². The lowest BCUT2D eigenvalue weighted by Crippen LogP contribution is -2.10. The van der Waals surface area contributed by atoms with Gasteiger partial charge in [-0.05, 0) is 30.7 Å². The molecule has 0 fully saturated rings. The van der Waals surface area contributed by atoms with E-state index in [0.29, 0.717) is 18.8 Å². The summed E-state index contributed by atoms with van der Waals surface area (Å²) in [4.78, 5) is 18.8. The second-order valence-corrected chi connectivity index (χ2v) is 6.02. The number of carbonyl (C=O) groups is 1. The maximum absolute atomic E-state index is 12.8. The molecule has 0 bridgehead atoms. The molecule has 0 radical (unpaired) electrons. The number of nitrogens with one attached hydrogen (secondary N) is 1. The summed E-state index contributed by atoms with van der Waals surface area (Å²) in [6.07, 6.45) is 0.141. The molecule has 0 aliphatic carbocycles. The molecule has 29 heavy (non-hydrogen) atoms. The van der Waals surface area contributed by atoms with Crippen molar-refractivity contribution in [2.45, 2.75) is 26.1 Å². The van der Waals surface area contributed by atoms with Gasteiger partial charge in [-0.25, -0.2) is 9.97 Å². The molecule has 0 atom stereocenters. The summed E-state index contributed by atoms with van der Waals surface area (Å²) < 4.78 is 44.9. The van der Waals surface area contributed by atoms with Gasteiger partial charge in [-0.3, -0.25) is 9.48 Å². The van der Waals surface area contributed by atoms with Gasteiger partial charge in [-0.1, -0.05) is 12.1 Å². The molecule has 3 aromatic rings. The Kier molecular flexibility index (Phi) is 6.10. The predicted octanol–water partition coefficient (Wildman–Crippen LogP) is 4.06. The van der Waals surface area contributed by atoms with Crippen LogP contribution in [0.5, 0.6) is 0 Å². The third-order valence-corrected chi connectivity index (χ3v) is 3.88. The number of esters is 1. The number of carbonyl (C=O) groups excluding carboxylic acids is 1. The Morgan fingerprint density at radius 1 is 1.24 bits per heavy atom. The zero-order valence-electron chi connectivity index (χ0n) is 15.5. The summed E-state index contributed by atoms with van der Waals surface area (Å²) in [5.41, 5.74) is 1.10. The predicted molar refractivity (Wildman–Crippen MR) is 99.2 cm³/mol. The lowest BCUT2D eigenvalue weighted by molar-refractivity contribution is -0.143. The van der Waals surface area contributed by atoms with Crippen molar-refractivity contribution >= 4 is 17.6 Å². The first-order chi connectivity index (χ1) is 13.8. The molecule has 152 valence electrons. The fraction of sp³-hybridized carbons (Fsp3) is 0.263. The van der Waals surface area contributed by atoms with E-state index in [-0.39, 0.29) is 18.3 Å². The van der Waals surface area contributed by atoms with Crippen LogP contribution in [0.3, 0.4) is 0 Å². The van der Waals surface area contributed by atoms with Crippen LogP contribution in [0.4, 0.5) is 24.8 Å². The maximum Gasteiger partial charge on any atom is 0.433 e. The van der Waals surface area contributed by atoms with Gasteiger partial charge in [0.05, 0.1) is 25.8 Å². The van der Waals surface area contributed by atoms with Gasteiger partial charge in [-0.15, -0.1) is 0 Å². The minimum absolute atomic E-state index is 0.151. The van der Waals surface area contributed by atoms with Crippen molar-refractivity contribution in [1.82, 2.24) is 19.7 Å². The number of ether oxygens (including phenoxy) is 1. The Balaban J connectivity index is 1.71. The fourth-order valence-corrected chi connectivity index (χ4v) is 2.56. The smallest absolute Gasteiger partial charge is 0.433 e. The van der Waals surface area contributed by atoms with E-state index < -0.39 is 11.9 Å². The van der Waals surface area contributed by atoms with E-state index in [1.165, 1.54) is 0 Å². The summed E-state index contributed by atoms with van der Waals surface area (Å²) in [5, 5.41) is 6.99. The zero-order chi connectivity index (χ0) is 20.9. The molecule has 7 nitrogen and oxygen atoms in total. The topological polar surface area (TPSA) is 81.9 Å². The van der Waals surface area contributed by atoms with E-state index in [1.54, 1.807) is 42.2 Å². The third kappa shape index (κ3) is 5.53. The summed E-state index contributed by atoms with van der Waals surface area (Å²) in [6.45, 7) is 2.46. The maximum atomic E-state index is 12.8. The number of nitrogens with zero attached hydrogens (tertiary/aromatic N) is 4. The van der Waals surface area contributed by atoms with Crippen molar-refractivity contribution in [3.63, 3.8) is 0 Å². The lowest BCUT2D eigenvalue weighted by atomic mass is 10.1. The van der Waals surface area contributed by atoms with Crippen molar-refractivity contribution in [2.24, 2.45) is 0 Å². The van der Waals surface area contributed by atoms with E-state index in [4.69, 9.17) is 4.74 Å². The number of halogens is 3. The van der Waals surface area contributed by atoms with Crippen LogP contribution in [0.15, 0.2) is 48.9 Å². The molecule has 0 saturated heterocycles. The molecular weight excluding hydrogens is 387 g/mol. The molecular formula is C19H18F3N5O2. The molecule has 1 aromatic carbocycles. The number of hydrogen-bond donors (Lipinski definition) is 1. The number of benzene rings is 1. The summed E-state index contributed by atoms with van der Waals surface area (Å²) in [5.74, 6) is -0.445. The Morgan fingerprint density at radius 3 is 2.83 bits per heavy atom. The Morgan fingerprint density at radius 2 is 2.07 bits per heavy atom. The minimum Gasteiger partial charge on any atom is -0.466 e. The number of alkyl halides is 3. The average molecular weight is 405 g/mol. The quantitative estimate of drug-likeness (QED) is 0.597. The van der Waals surface area contributed by atoms with Gasteiger partial charge in [0.25, 0.3) is 0 Å². The van der Waals surface area contributed by atoms with E-state index in [0.717, 1.165) is 23.4 Å². The van der Waals surface area contributed by atoms with Crippen LogP contribution in [-0.2, 0) is 22.3 Å². The fourth-order valence-electron chi connectivity index (χ4n) is 2.56. The van der Waals surface area contributed by atoms with Gasteiger partial charge < -0.3 is 10.1 Å². The Bertz CT molecular complexity index is 988. The van der Waals surface area contributed by atoms with Crippen LogP contribution >= 0.6 is 0 Å². The van der Waals surface area contributed by atoms with Gasteiger partial charge >= 0.3 is 12.1 Å². The zero-order valence-corrected chi connectivity index (χ0v) is 15.5. The highest BCUT2D eigenvalue weighted by Crippen LogP contribution is 2.28. The summed E-state index contributed by atoms with van der Waals surface area (Å²) in [7, 11) is 0. The van der Waals surface area contributed by atoms with Gasteiger partial charge in [0, 0.05) is 23.6 Å². The minimum atomic E-state index is -4.54. The van der Waals surface area contributed by atoms with Crippen LogP contribution in [-0.4, -0.2) is 32.3 Å². The first-order valence-electron chi connectivity index (χ1n) is 8.81. The largest absolute Gasteiger partial charge is 0.466 e. The van der Waals surface area contributed by atoms with Crippen molar-refractivity contribution < 1.29 is 22.7 Å². The van der Waals surface area contributed by atoms with E-state index in [2.05, 4.69) is 20.4 Å². The molecule has 10 heteroatoms. The van der Waals surface area contributed by atoms with Gasteiger partial charge in [0.1, 0.15) is 5.69 Å². The number of rotatable bonds is 7. The SMILES string of the molecule is CCOC(=O)CCn1cc(-c2cccc(Nc3nccc(C(F)(F)F)n3)c2)cn1. The van der Waals surface area contributed by atoms with E-state index >= 15 is 0 Å². The van der Waals surface area contributed by atoms with Crippen molar-refractivity contribution in [3.8, 4) is 11.1 Å². The standard InChI is InChI=1S/C19H18F3N5O2/c1-2-29-17(28)7-9-27-12-14(11-24-27)13-4-3-5-15(10-13)25-18-23-8-6-16(26-18)19(20,21)22/h3-6,8,10-12H,2,7,9H2,1H3,(H,23,25,26). The molecule has 2 heterocycles. The Labute approximate surface area is 164 Å². The molecule has 0 amide bonds. The normalized spacial score (nSPS) is 11.3. The molecule has 0 aliphatic rings. The summed E-state index contributed by atoms with van der Waals surface area (Å²) in [6, 6.07) is 7.84.